The summed E-state index contributed by atoms with van der Waals surface area (Å²) in [6, 6.07) is 0.157. The third-order valence-corrected chi connectivity index (χ3v) is 3.67. The van der Waals surface area contributed by atoms with Gasteiger partial charge in [-0.25, -0.2) is 15.8 Å². The number of nitrogens with one attached hydrogen (secondary N) is 1. The molecular formula is C13H23N5O. The van der Waals surface area contributed by atoms with E-state index in [2.05, 4.69) is 27.2 Å². The molecule has 1 saturated heterocycles. The molecule has 0 saturated carbocycles. The lowest BCUT2D eigenvalue weighted by atomic mass is 10.0. The molecule has 1 unspecified atom stereocenters. The lowest BCUT2D eigenvalue weighted by molar-refractivity contribution is 0.239. The number of nitrogens with zero attached hydrogens (tertiary/aromatic N) is 3. The molecule has 0 radical (unpaired) electrons. The van der Waals surface area contributed by atoms with Crippen LogP contribution >= 0.6 is 0 Å². The number of anilines is 2. The van der Waals surface area contributed by atoms with Crippen molar-refractivity contribution in [3.05, 3.63) is 11.9 Å². The Kier molecular flexibility index (Phi) is 4.93. The summed E-state index contributed by atoms with van der Waals surface area (Å²) < 4.78 is 0. The van der Waals surface area contributed by atoms with Gasteiger partial charge in [0.2, 0.25) is 0 Å². The van der Waals surface area contributed by atoms with Gasteiger partial charge in [-0.15, -0.1) is 0 Å². The van der Waals surface area contributed by atoms with Crippen molar-refractivity contribution >= 4 is 11.6 Å². The number of nitrogens with two attached hydrogens (primary N) is 1. The Balaban J connectivity index is 2.36. The normalized spacial score (nSPS) is 19.5. The summed E-state index contributed by atoms with van der Waals surface area (Å²) in [6.45, 7) is 3.22. The molecule has 1 aliphatic heterocycles. The Morgan fingerprint density at radius 3 is 3.00 bits per heavy atom. The standard InChI is InChI=1S/C13H23N5O/c1-2-5-11-12(17-14)15-9-16-13(11)18-7-4-3-6-10(18)8-19/h9-10,19H,2-8,14H2,1H3,(H,15,16,17). The van der Waals surface area contributed by atoms with Gasteiger partial charge in [0, 0.05) is 12.1 Å². The van der Waals surface area contributed by atoms with Gasteiger partial charge in [-0.1, -0.05) is 13.3 Å². The van der Waals surface area contributed by atoms with Crippen LogP contribution in [0.5, 0.6) is 0 Å². The van der Waals surface area contributed by atoms with Crippen LogP contribution in [0.25, 0.3) is 0 Å². The highest BCUT2D eigenvalue weighted by atomic mass is 16.3. The molecule has 0 spiro atoms. The Bertz CT molecular complexity index is 412. The van der Waals surface area contributed by atoms with E-state index in [9.17, 15) is 5.11 Å². The van der Waals surface area contributed by atoms with Crippen LogP contribution in [0.2, 0.25) is 0 Å². The highest BCUT2D eigenvalue weighted by Gasteiger charge is 2.25. The van der Waals surface area contributed by atoms with Gasteiger partial charge in [-0.3, -0.25) is 0 Å². The molecule has 0 amide bonds. The second-order valence-corrected chi connectivity index (χ2v) is 4.94. The van der Waals surface area contributed by atoms with Crippen LogP contribution in [0, 0.1) is 0 Å². The molecule has 1 aromatic rings. The number of aliphatic hydroxyl groups is 1. The number of hydrogen-bond donors (Lipinski definition) is 3. The molecule has 1 aromatic heterocycles. The predicted molar refractivity (Wildman–Crippen MR) is 75.9 cm³/mol. The lowest BCUT2D eigenvalue weighted by Gasteiger charge is -2.36. The van der Waals surface area contributed by atoms with Crippen molar-refractivity contribution in [3.63, 3.8) is 0 Å². The fourth-order valence-electron chi connectivity index (χ4n) is 2.72. The first-order valence-corrected chi connectivity index (χ1v) is 6.99. The Hall–Kier alpha value is -1.40. The van der Waals surface area contributed by atoms with E-state index in [4.69, 9.17) is 5.84 Å². The van der Waals surface area contributed by atoms with E-state index in [1.807, 2.05) is 0 Å². The largest absolute Gasteiger partial charge is 0.394 e. The third kappa shape index (κ3) is 2.96. The zero-order valence-electron chi connectivity index (χ0n) is 11.5. The van der Waals surface area contributed by atoms with Gasteiger partial charge in [-0.05, 0) is 25.7 Å². The molecule has 0 aromatic carbocycles. The van der Waals surface area contributed by atoms with E-state index in [1.165, 1.54) is 6.33 Å². The van der Waals surface area contributed by atoms with E-state index in [1.54, 1.807) is 0 Å². The van der Waals surface area contributed by atoms with Crippen molar-refractivity contribution in [2.75, 3.05) is 23.5 Å². The molecule has 0 aliphatic carbocycles. The summed E-state index contributed by atoms with van der Waals surface area (Å²) in [5.74, 6) is 7.15. The van der Waals surface area contributed by atoms with Crippen molar-refractivity contribution < 1.29 is 5.11 Å². The van der Waals surface area contributed by atoms with E-state index in [0.717, 1.165) is 50.0 Å². The highest BCUT2D eigenvalue weighted by Crippen LogP contribution is 2.29. The van der Waals surface area contributed by atoms with Gasteiger partial charge in [0.05, 0.1) is 12.6 Å². The Morgan fingerprint density at radius 1 is 1.47 bits per heavy atom. The van der Waals surface area contributed by atoms with Crippen LogP contribution < -0.4 is 16.2 Å². The smallest absolute Gasteiger partial charge is 0.148 e. The molecule has 4 N–H and O–H groups in total. The summed E-state index contributed by atoms with van der Waals surface area (Å²) in [5.41, 5.74) is 3.70. The average Bonchev–Trinajstić information content (AvgIpc) is 2.47. The van der Waals surface area contributed by atoms with Gasteiger partial charge >= 0.3 is 0 Å². The van der Waals surface area contributed by atoms with Crippen molar-refractivity contribution in [2.24, 2.45) is 5.84 Å². The van der Waals surface area contributed by atoms with Crippen molar-refractivity contribution in [1.29, 1.82) is 0 Å². The number of hydrogen-bond acceptors (Lipinski definition) is 6. The van der Waals surface area contributed by atoms with Crippen LogP contribution in [-0.2, 0) is 6.42 Å². The molecule has 2 rings (SSSR count). The van der Waals surface area contributed by atoms with E-state index in [-0.39, 0.29) is 12.6 Å². The first-order chi connectivity index (χ1) is 9.31. The van der Waals surface area contributed by atoms with Gasteiger partial charge in [-0.2, -0.15) is 0 Å². The average molecular weight is 265 g/mol. The summed E-state index contributed by atoms with van der Waals surface area (Å²) in [5, 5.41) is 9.54. The van der Waals surface area contributed by atoms with Gasteiger partial charge in [0.15, 0.2) is 0 Å². The molecule has 19 heavy (non-hydrogen) atoms. The topological polar surface area (TPSA) is 87.3 Å². The molecule has 1 fully saturated rings. The maximum absolute atomic E-state index is 9.54. The maximum Gasteiger partial charge on any atom is 0.148 e. The van der Waals surface area contributed by atoms with E-state index >= 15 is 0 Å². The number of aromatic nitrogens is 2. The molecule has 1 aliphatic rings. The molecule has 6 heteroatoms. The van der Waals surface area contributed by atoms with Crippen molar-refractivity contribution in [3.8, 4) is 0 Å². The summed E-state index contributed by atoms with van der Waals surface area (Å²) in [7, 11) is 0. The van der Waals surface area contributed by atoms with E-state index < -0.39 is 0 Å². The summed E-state index contributed by atoms with van der Waals surface area (Å²) >= 11 is 0. The van der Waals surface area contributed by atoms with E-state index in [0.29, 0.717) is 5.82 Å². The molecular weight excluding hydrogens is 242 g/mol. The van der Waals surface area contributed by atoms with Gasteiger partial charge < -0.3 is 15.4 Å². The van der Waals surface area contributed by atoms with Crippen LogP contribution in [0.3, 0.4) is 0 Å². The highest BCUT2D eigenvalue weighted by molar-refractivity contribution is 5.59. The maximum atomic E-state index is 9.54. The van der Waals surface area contributed by atoms with Crippen LogP contribution in [0.4, 0.5) is 11.6 Å². The Morgan fingerprint density at radius 2 is 2.32 bits per heavy atom. The number of piperidine rings is 1. The fraction of sp³-hybridized carbons (Fsp3) is 0.692. The minimum Gasteiger partial charge on any atom is -0.394 e. The SMILES string of the molecule is CCCc1c(NN)ncnc1N1CCCCC1CO. The van der Waals surface area contributed by atoms with Crippen LogP contribution in [0.1, 0.15) is 38.2 Å². The van der Waals surface area contributed by atoms with Gasteiger partial charge in [0.1, 0.15) is 18.0 Å². The number of aliphatic hydroxyl groups excluding tert-OH is 1. The second kappa shape index (κ2) is 6.68. The van der Waals surface area contributed by atoms with Gasteiger partial charge in [0.25, 0.3) is 0 Å². The monoisotopic (exact) mass is 265 g/mol. The zero-order valence-corrected chi connectivity index (χ0v) is 11.5. The first kappa shape index (κ1) is 14.0. The van der Waals surface area contributed by atoms with Crippen LogP contribution in [0.15, 0.2) is 6.33 Å². The molecule has 6 nitrogen and oxygen atoms in total. The number of hydrazine groups is 1. The van der Waals surface area contributed by atoms with Crippen molar-refractivity contribution in [2.45, 2.75) is 45.1 Å². The molecule has 1 atom stereocenters. The second-order valence-electron chi connectivity index (χ2n) is 4.94. The molecule has 0 bridgehead atoms. The minimum atomic E-state index is 0.157. The fourth-order valence-corrected chi connectivity index (χ4v) is 2.72. The quantitative estimate of drug-likeness (QED) is 0.545. The van der Waals surface area contributed by atoms with Crippen molar-refractivity contribution in [1.82, 2.24) is 9.97 Å². The summed E-state index contributed by atoms with van der Waals surface area (Å²) in [4.78, 5) is 10.8. The number of nitrogen functional groups attached to an aromatic ring is 1. The minimum absolute atomic E-state index is 0.157. The lowest BCUT2D eigenvalue weighted by Crippen LogP contribution is -2.43. The Labute approximate surface area is 114 Å². The molecule has 106 valence electrons. The number of rotatable bonds is 5. The summed E-state index contributed by atoms with van der Waals surface area (Å²) in [6.07, 6.45) is 6.73. The van der Waals surface area contributed by atoms with Crippen LogP contribution in [-0.4, -0.2) is 34.3 Å². The third-order valence-electron chi connectivity index (χ3n) is 3.67. The molecule has 2 heterocycles. The predicted octanol–water partition coefficient (Wildman–Crippen LogP) is 1.07. The first-order valence-electron chi connectivity index (χ1n) is 6.99. The zero-order chi connectivity index (χ0) is 13.7.